The standard InChI is InChI=1S/C27H56N4O6S/c1-30(2)23-15-21-28-26(32)19-13-9-5-4-7-11-17-25(38(35,36)37)18-12-8-6-10-14-20-27(33)29-22-16-24-31(3)34/h25,34H,4-24H2,1-3H3,(H,28,32)(H,29,33)(H,35,36,37). The number of carbonyl (C=O) groups is 2. The summed E-state index contributed by atoms with van der Waals surface area (Å²) in [6.07, 6.45) is 13.6. The zero-order valence-corrected chi connectivity index (χ0v) is 25.1. The topological polar surface area (TPSA) is 139 Å². The lowest BCUT2D eigenvalue weighted by Crippen LogP contribution is -2.26. The minimum absolute atomic E-state index is 0.0219. The molecule has 0 rings (SSSR count). The van der Waals surface area contributed by atoms with Crippen molar-refractivity contribution in [3.63, 3.8) is 0 Å². The van der Waals surface area contributed by atoms with Crippen molar-refractivity contribution in [3.05, 3.63) is 0 Å². The Hall–Kier alpha value is -1.27. The zero-order chi connectivity index (χ0) is 28.7. The molecule has 0 aliphatic heterocycles. The van der Waals surface area contributed by atoms with Gasteiger partial charge in [0.15, 0.2) is 0 Å². The van der Waals surface area contributed by atoms with Gasteiger partial charge in [-0.25, -0.2) is 0 Å². The van der Waals surface area contributed by atoms with E-state index >= 15 is 0 Å². The quantitative estimate of drug-likeness (QED) is 0.0703. The highest BCUT2D eigenvalue weighted by Crippen LogP contribution is 2.19. The maximum Gasteiger partial charge on any atom is 0.267 e. The van der Waals surface area contributed by atoms with Crippen LogP contribution >= 0.6 is 0 Å². The Labute approximate surface area is 232 Å². The van der Waals surface area contributed by atoms with Crippen LogP contribution in [0.5, 0.6) is 0 Å². The fourth-order valence-corrected chi connectivity index (χ4v) is 5.26. The number of nitrogens with zero attached hydrogens (tertiary/aromatic N) is 2. The van der Waals surface area contributed by atoms with Crippen molar-refractivity contribution in [2.75, 3.05) is 47.3 Å². The van der Waals surface area contributed by atoms with Gasteiger partial charge in [0.2, 0.25) is 11.8 Å². The molecule has 11 heteroatoms. The summed E-state index contributed by atoms with van der Waals surface area (Å²) in [5, 5.41) is 15.2. The number of hydroxylamine groups is 2. The van der Waals surface area contributed by atoms with Gasteiger partial charge in [0.05, 0.1) is 5.25 Å². The second kappa shape index (κ2) is 23.6. The second-order valence-corrected chi connectivity index (χ2v) is 12.4. The summed E-state index contributed by atoms with van der Waals surface area (Å²) in [5.41, 5.74) is 0. The zero-order valence-electron chi connectivity index (χ0n) is 24.3. The van der Waals surface area contributed by atoms with Crippen LogP contribution in [-0.4, -0.2) is 92.5 Å². The minimum atomic E-state index is -4.03. The monoisotopic (exact) mass is 564 g/mol. The van der Waals surface area contributed by atoms with Gasteiger partial charge in [0.25, 0.3) is 10.1 Å². The first-order chi connectivity index (χ1) is 18.0. The third-order valence-corrected chi connectivity index (χ3v) is 7.93. The van der Waals surface area contributed by atoms with Crippen LogP contribution in [-0.2, 0) is 19.7 Å². The number of unbranched alkanes of at least 4 members (excludes halogenated alkanes) is 9. The molecule has 1 atom stereocenters. The number of carbonyl (C=O) groups excluding carboxylic acids is 2. The molecule has 0 aromatic heterocycles. The number of hydrogen-bond acceptors (Lipinski definition) is 7. The Morgan fingerprint density at radius 3 is 1.45 bits per heavy atom. The highest BCUT2D eigenvalue weighted by molar-refractivity contribution is 7.86. The summed E-state index contributed by atoms with van der Waals surface area (Å²) in [4.78, 5) is 25.7. The van der Waals surface area contributed by atoms with E-state index in [-0.39, 0.29) is 11.8 Å². The Morgan fingerprint density at radius 1 is 0.658 bits per heavy atom. The lowest BCUT2D eigenvalue weighted by atomic mass is 10.0. The summed E-state index contributed by atoms with van der Waals surface area (Å²) in [6.45, 7) is 2.75. The van der Waals surface area contributed by atoms with Crippen LogP contribution in [0.3, 0.4) is 0 Å². The van der Waals surface area contributed by atoms with E-state index in [4.69, 9.17) is 5.21 Å². The molecule has 10 nitrogen and oxygen atoms in total. The molecular weight excluding hydrogens is 508 g/mol. The fourth-order valence-electron chi connectivity index (χ4n) is 4.33. The molecule has 0 heterocycles. The molecule has 4 N–H and O–H groups in total. The highest BCUT2D eigenvalue weighted by Gasteiger charge is 2.21. The average Bonchev–Trinajstić information content (AvgIpc) is 2.83. The van der Waals surface area contributed by atoms with Crippen LogP contribution in [0.1, 0.15) is 109 Å². The normalized spacial score (nSPS) is 12.7. The predicted molar refractivity (Wildman–Crippen MR) is 153 cm³/mol. The Morgan fingerprint density at radius 2 is 1.05 bits per heavy atom. The molecule has 0 saturated carbocycles. The first-order valence-electron chi connectivity index (χ1n) is 14.6. The van der Waals surface area contributed by atoms with Gasteiger partial charge < -0.3 is 20.7 Å². The molecule has 1 unspecified atom stereocenters. The molecule has 38 heavy (non-hydrogen) atoms. The lowest BCUT2D eigenvalue weighted by molar-refractivity contribution is -0.122. The van der Waals surface area contributed by atoms with E-state index in [2.05, 4.69) is 15.5 Å². The molecule has 2 amide bonds. The summed E-state index contributed by atoms with van der Waals surface area (Å²) < 4.78 is 33.1. The third-order valence-electron chi connectivity index (χ3n) is 6.62. The van der Waals surface area contributed by atoms with Crippen LogP contribution < -0.4 is 10.6 Å². The first kappa shape index (κ1) is 36.7. The van der Waals surface area contributed by atoms with E-state index in [1.165, 1.54) is 0 Å². The molecule has 0 saturated heterocycles. The van der Waals surface area contributed by atoms with E-state index in [0.29, 0.717) is 45.2 Å². The molecular formula is C27H56N4O6S. The van der Waals surface area contributed by atoms with Crippen LogP contribution in [0.4, 0.5) is 0 Å². The lowest BCUT2D eigenvalue weighted by Gasteiger charge is -2.14. The van der Waals surface area contributed by atoms with E-state index < -0.39 is 15.4 Å². The summed E-state index contributed by atoms with van der Waals surface area (Å²) in [5.74, 6) is 0.137. The van der Waals surface area contributed by atoms with Crippen molar-refractivity contribution in [3.8, 4) is 0 Å². The van der Waals surface area contributed by atoms with Crippen LogP contribution in [0, 0.1) is 0 Å². The SMILES string of the molecule is CN(C)CCCNC(=O)CCCCCCCCC(CCCCCCCC(=O)NCCCN(C)O)S(=O)(=O)O. The van der Waals surface area contributed by atoms with Crippen LogP contribution in [0.2, 0.25) is 0 Å². The maximum atomic E-state index is 11.8. The fraction of sp³-hybridized carbons (Fsp3) is 0.926. The summed E-state index contributed by atoms with van der Waals surface area (Å²) >= 11 is 0. The smallest absolute Gasteiger partial charge is 0.267 e. The van der Waals surface area contributed by atoms with Gasteiger partial charge in [-0.1, -0.05) is 57.8 Å². The molecule has 0 bridgehead atoms. The predicted octanol–water partition coefficient (Wildman–Crippen LogP) is 3.99. The van der Waals surface area contributed by atoms with E-state index in [9.17, 15) is 22.6 Å². The highest BCUT2D eigenvalue weighted by atomic mass is 32.2. The van der Waals surface area contributed by atoms with Crippen molar-refractivity contribution < 1.29 is 27.8 Å². The minimum Gasteiger partial charge on any atom is -0.356 e. The first-order valence-corrected chi connectivity index (χ1v) is 16.1. The molecule has 226 valence electrons. The van der Waals surface area contributed by atoms with E-state index in [0.717, 1.165) is 95.2 Å². The average molecular weight is 565 g/mol. The number of hydrogen-bond donors (Lipinski definition) is 4. The van der Waals surface area contributed by atoms with Gasteiger partial charge >= 0.3 is 0 Å². The summed E-state index contributed by atoms with van der Waals surface area (Å²) in [7, 11) is 1.57. The van der Waals surface area contributed by atoms with Crippen molar-refractivity contribution in [1.29, 1.82) is 0 Å². The van der Waals surface area contributed by atoms with Crippen LogP contribution in [0.15, 0.2) is 0 Å². The Balaban J connectivity index is 3.75. The third kappa shape index (κ3) is 25.0. The van der Waals surface area contributed by atoms with Gasteiger partial charge in [0, 0.05) is 39.5 Å². The van der Waals surface area contributed by atoms with Gasteiger partial charge in [-0.15, -0.1) is 0 Å². The molecule has 0 radical (unpaired) electrons. The van der Waals surface area contributed by atoms with Crippen molar-refractivity contribution in [1.82, 2.24) is 20.6 Å². The van der Waals surface area contributed by atoms with Gasteiger partial charge in [-0.2, -0.15) is 13.5 Å². The van der Waals surface area contributed by atoms with Crippen molar-refractivity contribution >= 4 is 21.9 Å². The number of nitrogens with one attached hydrogen (secondary N) is 2. The molecule has 0 aromatic rings. The van der Waals surface area contributed by atoms with E-state index in [1.807, 2.05) is 14.1 Å². The largest absolute Gasteiger partial charge is 0.356 e. The maximum absolute atomic E-state index is 11.8. The molecule has 0 fully saturated rings. The second-order valence-electron chi connectivity index (χ2n) is 10.7. The van der Waals surface area contributed by atoms with Crippen molar-refractivity contribution in [2.45, 2.75) is 114 Å². The van der Waals surface area contributed by atoms with E-state index in [1.54, 1.807) is 7.05 Å². The summed E-state index contributed by atoms with van der Waals surface area (Å²) in [6, 6.07) is 0. The Kier molecular flexibility index (Phi) is 22.8. The number of rotatable bonds is 26. The van der Waals surface area contributed by atoms with Crippen molar-refractivity contribution in [2.24, 2.45) is 0 Å². The number of amides is 2. The Bertz CT molecular complexity index is 704. The molecule has 0 aromatic carbocycles. The molecule has 0 aliphatic carbocycles. The van der Waals surface area contributed by atoms with Gasteiger partial charge in [0.1, 0.15) is 0 Å². The van der Waals surface area contributed by atoms with Gasteiger partial charge in [-0.3, -0.25) is 14.1 Å². The molecule has 0 aliphatic rings. The van der Waals surface area contributed by atoms with Gasteiger partial charge in [-0.05, 0) is 59.2 Å². The van der Waals surface area contributed by atoms with Crippen LogP contribution in [0.25, 0.3) is 0 Å². The molecule has 0 spiro atoms.